The number of amides is 2. The summed E-state index contributed by atoms with van der Waals surface area (Å²) in [6.45, 7) is 1.64. The lowest BCUT2D eigenvalue weighted by Crippen LogP contribution is -2.28. The second-order valence-corrected chi connectivity index (χ2v) is 10.5. The van der Waals surface area contributed by atoms with Crippen LogP contribution in [0.5, 0.6) is 5.75 Å². The van der Waals surface area contributed by atoms with Crippen LogP contribution in [0.1, 0.15) is 6.92 Å². The second kappa shape index (κ2) is 10.7. The van der Waals surface area contributed by atoms with E-state index in [0.29, 0.717) is 16.0 Å². The van der Waals surface area contributed by atoms with E-state index in [4.69, 9.17) is 9.47 Å². The highest BCUT2D eigenvalue weighted by Gasteiger charge is 2.22. The minimum Gasteiger partial charge on any atom is -0.497 e. The molecule has 0 bridgehead atoms. The van der Waals surface area contributed by atoms with E-state index in [1.165, 1.54) is 17.9 Å². The number of nitrogens with zero attached hydrogens (tertiary/aromatic N) is 3. The summed E-state index contributed by atoms with van der Waals surface area (Å²) in [5.41, 5.74) is 0.603. The smallest absolute Gasteiger partial charge is 0.326 e. The third-order valence-electron chi connectivity index (χ3n) is 4.08. The Labute approximate surface area is 196 Å². The fraction of sp³-hybridized carbons (Fsp3) is 0.316. The lowest BCUT2D eigenvalue weighted by atomic mass is 10.3. The topological polar surface area (TPSA) is 146 Å². The van der Waals surface area contributed by atoms with E-state index in [2.05, 4.69) is 15.3 Å². The summed E-state index contributed by atoms with van der Waals surface area (Å²) in [5.74, 6) is -3.58. The summed E-state index contributed by atoms with van der Waals surface area (Å²) in [6.07, 6.45) is 1.46. The van der Waals surface area contributed by atoms with E-state index in [-0.39, 0.29) is 23.1 Å². The molecule has 0 saturated heterocycles. The Morgan fingerprint density at radius 2 is 2.03 bits per heavy atom. The van der Waals surface area contributed by atoms with Crippen LogP contribution < -0.4 is 14.9 Å². The van der Waals surface area contributed by atoms with Gasteiger partial charge < -0.3 is 19.4 Å². The van der Waals surface area contributed by atoms with Gasteiger partial charge in [0.05, 0.1) is 23.9 Å². The number of methoxy groups -OCH3 is 1. The molecule has 0 atom stereocenters. The second-order valence-electron chi connectivity index (χ2n) is 6.53. The molecule has 2 amide bonds. The molecule has 0 aliphatic heterocycles. The van der Waals surface area contributed by atoms with Crippen LogP contribution in [0.15, 0.2) is 34.8 Å². The molecule has 2 heterocycles. The lowest BCUT2D eigenvalue weighted by Gasteiger charge is -2.06. The molecule has 176 valence electrons. The van der Waals surface area contributed by atoms with Crippen molar-refractivity contribution in [3.63, 3.8) is 0 Å². The summed E-state index contributed by atoms with van der Waals surface area (Å²) < 4.78 is 37.0. The summed E-state index contributed by atoms with van der Waals surface area (Å²) in [6, 6.07) is 5.10. The zero-order valence-corrected chi connectivity index (χ0v) is 20.1. The van der Waals surface area contributed by atoms with E-state index >= 15 is 0 Å². The molecule has 33 heavy (non-hydrogen) atoms. The predicted molar refractivity (Wildman–Crippen MR) is 123 cm³/mol. The number of nitrogens with one attached hydrogen (secondary N) is 1. The van der Waals surface area contributed by atoms with Crippen LogP contribution in [-0.4, -0.2) is 61.0 Å². The zero-order chi connectivity index (χ0) is 24.0. The monoisotopic (exact) mass is 512 g/mol. The molecule has 1 aromatic carbocycles. The number of hydrogen-bond donors (Lipinski definition) is 1. The summed E-state index contributed by atoms with van der Waals surface area (Å²) in [4.78, 5) is 44.3. The van der Waals surface area contributed by atoms with Gasteiger partial charge in [-0.3, -0.25) is 14.4 Å². The van der Waals surface area contributed by atoms with Crippen molar-refractivity contribution in [1.29, 1.82) is 0 Å². The SMILES string of the molecule is CCOC(=O)Cn1c(=NC(=O)CS(=O)(=O)CC(=O)Nc2nccs2)sc2cc(OC)ccc21. The maximum Gasteiger partial charge on any atom is 0.326 e. The van der Waals surface area contributed by atoms with Crippen molar-refractivity contribution >= 4 is 65.6 Å². The van der Waals surface area contributed by atoms with Crippen LogP contribution in [0.3, 0.4) is 0 Å². The van der Waals surface area contributed by atoms with E-state index < -0.39 is 39.1 Å². The Bertz CT molecular complexity index is 1340. The van der Waals surface area contributed by atoms with Crippen LogP contribution in [-0.2, 0) is 35.5 Å². The summed E-state index contributed by atoms with van der Waals surface area (Å²) >= 11 is 2.23. The van der Waals surface area contributed by atoms with Gasteiger partial charge in [-0.2, -0.15) is 4.99 Å². The molecule has 3 rings (SSSR count). The molecule has 2 aromatic heterocycles. The molecule has 0 unspecified atom stereocenters. The van der Waals surface area contributed by atoms with Gasteiger partial charge in [-0.15, -0.1) is 11.3 Å². The number of rotatable bonds is 9. The highest BCUT2D eigenvalue weighted by molar-refractivity contribution is 7.92. The predicted octanol–water partition coefficient (Wildman–Crippen LogP) is 1.21. The van der Waals surface area contributed by atoms with Gasteiger partial charge in [-0.1, -0.05) is 11.3 Å². The quantitative estimate of drug-likeness (QED) is 0.421. The zero-order valence-electron chi connectivity index (χ0n) is 17.6. The van der Waals surface area contributed by atoms with Gasteiger partial charge in [-0.05, 0) is 25.1 Å². The average molecular weight is 513 g/mol. The number of carbonyl (C=O) groups is 3. The number of hydrogen-bond acceptors (Lipinski definition) is 10. The molecule has 0 aliphatic carbocycles. The van der Waals surface area contributed by atoms with Crippen molar-refractivity contribution in [2.24, 2.45) is 4.99 Å². The molecular weight excluding hydrogens is 492 g/mol. The van der Waals surface area contributed by atoms with Gasteiger partial charge in [0.1, 0.15) is 23.8 Å². The number of esters is 1. The number of benzene rings is 1. The Kier molecular flexibility index (Phi) is 7.94. The maximum absolute atomic E-state index is 12.5. The minimum absolute atomic E-state index is 0.124. The first-order chi connectivity index (χ1) is 15.7. The van der Waals surface area contributed by atoms with Crippen molar-refractivity contribution in [3.8, 4) is 5.75 Å². The van der Waals surface area contributed by atoms with E-state index in [0.717, 1.165) is 22.7 Å². The molecule has 1 N–H and O–H groups in total. The number of ether oxygens (including phenoxy) is 2. The molecule has 0 fully saturated rings. The first kappa shape index (κ1) is 24.5. The molecule has 0 saturated carbocycles. The molecule has 0 radical (unpaired) electrons. The Balaban J connectivity index is 1.84. The fourth-order valence-electron chi connectivity index (χ4n) is 2.77. The molecule has 3 aromatic rings. The van der Waals surface area contributed by atoms with Crippen molar-refractivity contribution in [1.82, 2.24) is 9.55 Å². The Hall–Kier alpha value is -3.10. The molecule has 14 heteroatoms. The highest BCUT2D eigenvalue weighted by atomic mass is 32.2. The van der Waals surface area contributed by atoms with Gasteiger partial charge in [0, 0.05) is 11.6 Å². The number of fused-ring (bicyclic) bond motifs is 1. The number of carbonyl (C=O) groups excluding carboxylic acids is 3. The van der Waals surface area contributed by atoms with Crippen molar-refractivity contribution in [2.45, 2.75) is 13.5 Å². The minimum atomic E-state index is -4.08. The van der Waals surface area contributed by atoms with Gasteiger partial charge in [0.15, 0.2) is 19.8 Å². The van der Waals surface area contributed by atoms with E-state index in [9.17, 15) is 22.8 Å². The third kappa shape index (κ3) is 6.69. The number of aromatic nitrogens is 2. The highest BCUT2D eigenvalue weighted by Crippen LogP contribution is 2.23. The molecule has 11 nitrogen and oxygen atoms in total. The third-order valence-corrected chi connectivity index (χ3v) is 7.19. The Morgan fingerprint density at radius 3 is 2.70 bits per heavy atom. The van der Waals surface area contributed by atoms with Crippen LogP contribution in [0, 0.1) is 0 Å². The largest absolute Gasteiger partial charge is 0.497 e. The average Bonchev–Trinajstić information content (AvgIpc) is 3.34. The van der Waals surface area contributed by atoms with Crippen LogP contribution >= 0.6 is 22.7 Å². The van der Waals surface area contributed by atoms with Crippen LogP contribution in [0.2, 0.25) is 0 Å². The van der Waals surface area contributed by atoms with Gasteiger partial charge in [-0.25, -0.2) is 13.4 Å². The molecular formula is C19H20N4O7S3. The number of thiazole rings is 2. The maximum atomic E-state index is 12.5. The van der Waals surface area contributed by atoms with Gasteiger partial charge >= 0.3 is 5.97 Å². The number of anilines is 1. The van der Waals surface area contributed by atoms with Crippen LogP contribution in [0.4, 0.5) is 5.13 Å². The standard InChI is InChI=1S/C19H20N4O7S3/c1-3-30-17(26)9-23-13-5-4-12(29-2)8-14(13)32-19(23)22-16(25)11-33(27,28)10-15(24)21-18-20-6-7-31-18/h4-8H,3,9-11H2,1-2H3,(H,20,21,24). The van der Waals surface area contributed by atoms with Crippen molar-refractivity contribution < 1.29 is 32.3 Å². The van der Waals surface area contributed by atoms with Crippen molar-refractivity contribution in [3.05, 3.63) is 34.6 Å². The van der Waals surface area contributed by atoms with Crippen LogP contribution in [0.25, 0.3) is 10.2 Å². The first-order valence-corrected chi connectivity index (χ1v) is 13.0. The molecule has 0 spiro atoms. The summed E-state index contributed by atoms with van der Waals surface area (Å²) in [5, 5.41) is 4.23. The van der Waals surface area contributed by atoms with E-state index in [1.54, 1.807) is 30.5 Å². The summed E-state index contributed by atoms with van der Waals surface area (Å²) in [7, 11) is -2.58. The van der Waals surface area contributed by atoms with Crippen molar-refractivity contribution in [2.75, 3.05) is 30.5 Å². The lowest BCUT2D eigenvalue weighted by molar-refractivity contribution is -0.143. The fourth-order valence-corrected chi connectivity index (χ4v) is 5.41. The van der Waals surface area contributed by atoms with Gasteiger partial charge in [0.2, 0.25) is 5.91 Å². The molecule has 0 aliphatic rings. The van der Waals surface area contributed by atoms with Gasteiger partial charge in [0.25, 0.3) is 5.91 Å². The van der Waals surface area contributed by atoms with E-state index in [1.807, 2.05) is 0 Å². The Morgan fingerprint density at radius 1 is 1.24 bits per heavy atom. The first-order valence-electron chi connectivity index (χ1n) is 9.51. The normalized spacial score (nSPS) is 12.0. The number of sulfone groups is 1.